The number of fused-ring (bicyclic) bond motifs is 8. The number of benzene rings is 10. The molecule has 0 fully saturated rings. The van der Waals surface area contributed by atoms with Crippen molar-refractivity contribution in [1.82, 2.24) is 15.0 Å². The monoisotopic (exact) mass is 751 g/mol. The number of nitrogens with zero attached hydrogens (tertiary/aromatic N) is 3. The van der Waals surface area contributed by atoms with Gasteiger partial charge in [0.15, 0.2) is 17.5 Å². The molecule has 2 aromatic heterocycles. The van der Waals surface area contributed by atoms with Gasteiger partial charge in [0.1, 0.15) is 11.2 Å². The largest absolute Gasteiger partial charge is 0.455 e. The predicted octanol–water partition coefficient (Wildman–Crippen LogP) is 14.7. The SMILES string of the molecule is c1ccc(-c2cccc3c2cc(-c2ccc(-c4nc(-c5ccc6ccccc6c5)nc(-c5ccc6ccccc6c5)n4)c4ccccc24)c2c4ccccc4oc32)cc1. The van der Waals surface area contributed by atoms with Gasteiger partial charge in [-0.3, -0.25) is 0 Å². The van der Waals surface area contributed by atoms with Gasteiger partial charge in [-0.15, -0.1) is 0 Å². The Morgan fingerprint density at radius 2 is 0.831 bits per heavy atom. The average molecular weight is 752 g/mol. The summed E-state index contributed by atoms with van der Waals surface area (Å²) in [5, 5.41) is 11.2. The van der Waals surface area contributed by atoms with Crippen LogP contribution < -0.4 is 0 Å². The number of rotatable bonds is 5. The number of hydrogen-bond donors (Lipinski definition) is 0. The molecule has 4 heteroatoms. The van der Waals surface area contributed by atoms with E-state index in [4.69, 9.17) is 19.4 Å². The second-order valence-electron chi connectivity index (χ2n) is 15.1. The van der Waals surface area contributed by atoms with Crippen LogP contribution in [0, 0.1) is 0 Å². The van der Waals surface area contributed by atoms with Gasteiger partial charge in [0.05, 0.1) is 0 Å². The van der Waals surface area contributed by atoms with Crippen LogP contribution in [0.15, 0.2) is 205 Å². The Hall–Kier alpha value is -7.95. The first-order valence-corrected chi connectivity index (χ1v) is 19.9. The van der Waals surface area contributed by atoms with Crippen LogP contribution in [-0.2, 0) is 0 Å². The molecule has 12 rings (SSSR count). The van der Waals surface area contributed by atoms with Crippen molar-refractivity contribution in [3.8, 4) is 56.4 Å². The highest BCUT2D eigenvalue weighted by Gasteiger charge is 2.21. The second kappa shape index (κ2) is 13.3. The van der Waals surface area contributed by atoms with Crippen molar-refractivity contribution in [3.63, 3.8) is 0 Å². The Labute approximate surface area is 339 Å². The minimum atomic E-state index is 0.623. The van der Waals surface area contributed by atoms with Crippen LogP contribution in [0.1, 0.15) is 0 Å². The molecule has 0 atom stereocenters. The molecule has 0 unspecified atom stereocenters. The van der Waals surface area contributed by atoms with E-state index in [1.807, 2.05) is 6.07 Å². The van der Waals surface area contributed by atoms with Crippen LogP contribution in [0.5, 0.6) is 0 Å². The number of para-hydroxylation sites is 1. The zero-order valence-corrected chi connectivity index (χ0v) is 31.8. The molecule has 0 aliphatic carbocycles. The number of furan rings is 1. The molecule has 0 N–H and O–H groups in total. The summed E-state index contributed by atoms with van der Waals surface area (Å²) in [7, 11) is 0. The molecule has 0 aliphatic rings. The molecule has 10 aromatic carbocycles. The fourth-order valence-electron chi connectivity index (χ4n) is 8.86. The Bertz CT molecular complexity index is 3530. The van der Waals surface area contributed by atoms with E-state index in [-0.39, 0.29) is 0 Å². The van der Waals surface area contributed by atoms with Crippen molar-refractivity contribution >= 4 is 65.0 Å². The summed E-state index contributed by atoms with van der Waals surface area (Å²) in [4.78, 5) is 15.7. The van der Waals surface area contributed by atoms with Crippen molar-refractivity contribution in [2.75, 3.05) is 0 Å². The molecule has 0 radical (unpaired) electrons. The minimum Gasteiger partial charge on any atom is -0.455 e. The molecule has 0 amide bonds. The van der Waals surface area contributed by atoms with E-state index in [9.17, 15) is 0 Å². The van der Waals surface area contributed by atoms with Crippen molar-refractivity contribution in [3.05, 3.63) is 200 Å². The van der Waals surface area contributed by atoms with Gasteiger partial charge in [-0.05, 0) is 90.3 Å². The van der Waals surface area contributed by atoms with Gasteiger partial charge in [0.2, 0.25) is 0 Å². The fraction of sp³-hybridized carbons (Fsp3) is 0. The van der Waals surface area contributed by atoms with Crippen LogP contribution in [0.2, 0.25) is 0 Å². The van der Waals surface area contributed by atoms with E-state index >= 15 is 0 Å². The lowest BCUT2D eigenvalue weighted by Gasteiger charge is -2.15. The van der Waals surface area contributed by atoms with Crippen molar-refractivity contribution < 1.29 is 4.42 Å². The smallest absolute Gasteiger partial charge is 0.164 e. The van der Waals surface area contributed by atoms with Crippen molar-refractivity contribution in [1.29, 1.82) is 0 Å². The van der Waals surface area contributed by atoms with E-state index in [1.54, 1.807) is 0 Å². The summed E-state index contributed by atoms with van der Waals surface area (Å²) in [5.74, 6) is 1.89. The average Bonchev–Trinajstić information content (AvgIpc) is 3.71. The van der Waals surface area contributed by atoms with Crippen molar-refractivity contribution in [2.45, 2.75) is 0 Å². The molecule has 0 saturated carbocycles. The first-order chi connectivity index (χ1) is 29.2. The molecule has 2 heterocycles. The normalized spacial score (nSPS) is 11.7. The third-order valence-electron chi connectivity index (χ3n) is 11.7. The summed E-state index contributed by atoms with van der Waals surface area (Å²) in [6, 6.07) is 70.5. The highest BCUT2D eigenvalue weighted by Crippen LogP contribution is 2.46. The number of hydrogen-bond acceptors (Lipinski definition) is 4. The predicted molar refractivity (Wildman–Crippen MR) is 244 cm³/mol. The quantitative estimate of drug-likeness (QED) is 0.176. The first kappa shape index (κ1) is 33.2. The molecule has 59 heavy (non-hydrogen) atoms. The van der Waals surface area contributed by atoms with Gasteiger partial charge in [-0.1, -0.05) is 170 Å². The molecule has 0 bridgehead atoms. The van der Waals surface area contributed by atoms with Gasteiger partial charge in [-0.25, -0.2) is 15.0 Å². The lowest BCUT2D eigenvalue weighted by Crippen LogP contribution is -2.01. The molecule has 12 aromatic rings. The summed E-state index contributed by atoms with van der Waals surface area (Å²) in [5.41, 5.74) is 9.15. The Morgan fingerprint density at radius 3 is 1.53 bits per heavy atom. The Kier molecular flexibility index (Phi) is 7.50. The van der Waals surface area contributed by atoms with Crippen LogP contribution in [-0.4, -0.2) is 15.0 Å². The Morgan fingerprint density at radius 1 is 0.288 bits per heavy atom. The third kappa shape index (κ3) is 5.49. The highest BCUT2D eigenvalue weighted by molar-refractivity contribution is 6.24. The molecule has 0 spiro atoms. The second-order valence-corrected chi connectivity index (χ2v) is 15.1. The third-order valence-corrected chi connectivity index (χ3v) is 11.7. The van der Waals surface area contributed by atoms with Crippen molar-refractivity contribution in [2.24, 2.45) is 0 Å². The van der Waals surface area contributed by atoms with Crippen LogP contribution in [0.25, 0.3) is 121 Å². The van der Waals surface area contributed by atoms with E-state index in [0.29, 0.717) is 17.5 Å². The van der Waals surface area contributed by atoms with E-state index in [2.05, 4.69) is 194 Å². The topological polar surface area (TPSA) is 51.8 Å². The lowest BCUT2D eigenvalue weighted by atomic mass is 9.88. The Balaban J connectivity index is 1.11. The molecule has 0 aliphatic heterocycles. The van der Waals surface area contributed by atoms with Crippen LogP contribution >= 0.6 is 0 Å². The van der Waals surface area contributed by atoms with E-state index in [0.717, 1.165) is 82.1 Å². The van der Waals surface area contributed by atoms with Gasteiger partial charge >= 0.3 is 0 Å². The maximum absolute atomic E-state index is 6.76. The summed E-state index contributed by atoms with van der Waals surface area (Å²) >= 11 is 0. The lowest BCUT2D eigenvalue weighted by molar-refractivity contribution is 0.673. The minimum absolute atomic E-state index is 0.623. The first-order valence-electron chi connectivity index (χ1n) is 19.9. The highest BCUT2D eigenvalue weighted by atomic mass is 16.3. The molecule has 0 saturated heterocycles. The van der Waals surface area contributed by atoms with Gasteiger partial charge < -0.3 is 4.42 Å². The summed E-state index contributed by atoms with van der Waals surface area (Å²) in [6.45, 7) is 0. The summed E-state index contributed by atoms with van der Waals surface area (Å²) < 4.78 is 6.76. The molecule has 4 nitrogen and oxygen atoms in total. The van der Waals surface area contributed by atoms with Crippen LogP contribution in [0.4, 0.5) is 0 Å². The zero-order chi connectivity index (χ0) is 38.9. The van der Waals surface area contributed by atoms with E-state index in [1.165, 1.54) is 21.9 Å². The van der Waals surface area contributed by atoms with Gasteiger partial charge in [-0.2, -0.15) is 0 Å². The molecule has 274 valence electrons. The zero-order valence-electron chi connectivity index (χ0n) is 31.8. The van der Waals surface area contributed by atoms with Gasteiger partial charge in [0.25, 0.3) is 0 Å². The molecular formula is C55H33N3O. The maximum Gasteiger partial charge on any atom is 0.164 e. The summed E-state index contributed by atoms with van der Waals surface area (Å²) in [6.07, 6.45) is 0. The van der Waals surface area contributed by atoms with Crippen LogP contribution in [0.3, 0.4) is 0 Å². The number of aromatic nitrogens is 3. The van der Waals surface area contributed by atoms with Gasteiger partial charge in [0, 0.05) is 32.8 Å². The fourth-order valence-corrected chi connectivity index (χ4v) is 8.86. The molecular weight excluding hydrogens is 719 g/mol. The van der Waals surface area contributed by atoms with E-state index < -0.39 is 0 Å². The maximum atomic E-state index is 6.76. The standard InChI is InChI=1S/C55H33N3O/c1-2-15-36(16-3-1)41-22-12-23-45-48(41)33-49(51-47-21-10-11-24-50(47)59-52(45)51)44-29-30-46(43-20-9-8-19-42(43)44)55-57-53(39-27-25-34-13-4-6-17-37(34)31-39)56-54(58-55)40-28-26-35-14-5-7-18-38(35)32-40/h1-33H.